The number of rotatable bonds is 3. The lowest BCUT2D eigenvalue weighted by molar-refractivity contribution is -0.137. The van der Waals surface area contributed by atoms with Gasteiger partial charge in [0.05, 0.1) is 12.1 Å². The van der Waals surface area contributed by atoms with E-state index in [1.54, 1.807) is 24.3 Å². The molecule has 0 atom stereocenters. The average molecular weight is 321 g/mol. The first-order valence-electron chi connectivity index (χ1n) is 6.59. The Bertz CT molecular complexity index is 869. The molecule has 0 saturated heterocycles. The lowest BCUT2D eigenvalue weighted by Gasteiger charge is -2.08. The molecule has 0 aliphatic carbocycles. The smallest absolute Gasteiger partial charge is 0.295 e. The van der Waals surface area contributed by atoms with Crippen LogP contribution < -0.4 is 5.76 Å². The molecular weight excluding hydrogens is 311 g/mol. The zero-order valence-electron chi connectivity index (χ0n) is 11.6. The molecule has 0 N–H and O–H groups in total. The highest BCUT2D eigenvalue weighted by Gasteiger charge is 2.31. The number of aromatic nitrogens is 3. The third kappa shape index (κ3) is 3.15. The molecule has 0 bridgehead atoms. The lowest BCUT2D eigenvalue weighted by atomic mass is 10.2. The van der Waals surface area contributed by atoms with Crippen molar-refractivity contribution in [2.24, 2.45) is 0 Å². The first-order valence-corrected chi connectivity index (χ1v) is 6.59. The molecule has 8 heteroatoms. The van der Waals surface area contributed by atoms with Crippen LogP contribution in [0.5, 0.6) is 0 Å². The van der Waals surface area contributed by atoms with Crippen molar-refractivity contribution in [1.82, 2.24) is 14.7 Å². The third-order valence-electron chi connectivity index (χ3n) is 3.19. The van der Waals surface area contributed by atoms with Gasteiger partial charge in [0.2, 0.25) is 5.82 Å². The van der Waals surface area contributed by atoms with Crippen molar-refractivity contribution in [3.63, 3.8) is 0 Å². The van der Waals surface area contributed by atoms with Gasteiger partial charge in [-0.15, -0.1) is 0 Å². The van der Waals surface area contributed by atoms with E-state index in [1.165, 1.54) is 0 Å². The summed E-state index contributed by atoms with van der Waals surface area (Å²) >= 11 is 0. The van der Waals surface area contributed by atoms with Crippen LogP contribution in [0, 0.1) is 0 Å². The molecule has 0 aliphatic rings. The molecule has 0 saturated carbocycles. The molecule has 5 nitrogen and oxygen atoms in total. The van der Waals surface area contributed by atoms with Crippen molar-refractivity contribution in [1.29, 1.82) is 0 Å². The Labute approximate surface area is 128 Å². The molecule has 3 aromatic rings. The zero-order valence-corrected chi connectivity index (χ0v) is 11.6. The number of pyridine rings is 1. The molecule has 0 spiro atoms. The van der Waals surface area contributed by atoms with E-state index in [0.717, 1.165) is 28.5 Å². The number of halogens is 3. The standard InChI is InChI=1S/C15H10F3N3O2/c16-15(17,18)11-6-7-19-12(8-11)13-20-23-14(22)21(13)9-10-4-2-1-3-5-10/h1-8H,9H2. The maximum atomic E-state index is 12.8. The van der Waals surface area contributed by atoms with Gasteiger partial charge in [-0.25, -0.2) is 4.79 Å². The first-order chi connectivity index (χ1) is 10.9. The maximum Gasteiger partial charge on any atom is 0.442 e. The van der Waals surface area contributed by atoms with E-state index in [4.69, 9.17) is 0 Å². The maximum absolute atomic E-state index is 12.8. The molecule has 0 aliphatic heterocycles. The lowest BCUT2D eigenvalue weighted by Crippen LogP contribution is -2.16. The first kappa shape index (κ1) is 15.0. The quantitative estimate of drug-likeness (QED) is 0.744. The summed E-state index contributed by atoms with van der Waals surface area (Å²) in [6.45, 7) is 0.121. The van der Waals surface area contributed by atoms with E-state index in [1.807, 2.05) is 6.07 Å². The SMILES string of the molecule is O=c1onc(-c2cc(C(F)(F)F)ccn2)n1Cc1ccccc1. The number of alkyl halides is 3. The molecule has 118 valence electrons. The summed E-state index contributed by atoms with van der Waals surface area (Å²) < 4.78 is 44.1. The molecule has 1 aromatic carbocycles. The second-order valence-corrected chi connectivity index (χ2v) is 4.77. The van der Waals surface area contributed by atoms with E-state index < -0.39 is 17.5 Å². The van der Waals surface area contributed by atoms with Gasteiger partial charge in [-0.1, -0.05) is 35.5 Å². The zero-order chi connectivity index (χ0) is 16.4. The molecule has 0 fully saturated rings. The van der Waals surface area contributed by atoms with Crippen LogP contribution in [-0.4, -0.2) is 14.7 Å². The fraction of sp³-hybridized carbons (Fsp3) is 0.133. The van der Waals surface area contributed by atoms with Gasteiger partial charge in [-0.05, 0) is 17.7 Å². The Morgan fingerprint density at radius 1 is 1.13 bits per heavy atom. The Hall–Kier alpha value is -2.90. The third-order valence-corrected chi connectivity index (χ3v) is 3.19. The van der Waals surface area contributed by atoms with Crippen molar-refractivity contribution in [2.75, 3.05) is 0 Å². The van der Waals surface area contributed by atoms with Crippen LogP contribution in [0.15, 0.2) is 58.0 Å². The normalized spacial score (nSPS) is 11.6. The predicted octanol–water partition coefficient (Wildman–Crippen LogP) is 2.97. The Balaban J connectivity index is 2.03. The van der Waals surface area contributed by atoms with E-state index in [0.29, 0.717) is 0 Å². The highest BCUT2D eigenvalue weighted by Crippen LogP contribution is 2.30. The van der Waals surface area contributed by atoms with Crippen molar-refractivity contribution < 1.29 is 17.7 Å². The monoisotopic (exact) mass is 321 g/mol. The van der Waals surface area contributed by atoms with Crippen LogP contribution in [0.3, 0.4) is 0 Å². The minimum atomic E-state index is -4.51. The van der Waals surface area contributed by atoms with E-state index >= 15 is 0 Å². The summed E-state index contributed by atoms with van der Waals surface area (Å²) in [5.41, 5.74) is -0.170. The number of benzene rings is 1. The number of nitrogens with zero attached hydrogens (tertiary/aromatic N) is 3. The summed E-state index contributed by atoms with van der Waals surface area (Å²) in [5.74, 6) is -0.812. The number of hydrogen-bond donors (Lipinski definition) is 0. The summed E-state index contributed by atoms with van der Waals surface area (Å²) in [6.07, 6.45) is -3.49. The predicted molar refractivity (Wildman–Crippen MR) is 74.5 cm³/mol. The fourth-order valence-corrected chi connectivity index (χ4v) is 2.09. The summed E-state index contributed by atoms with van der Waals surface area (Å²) in [7, 11) is 0. The fourth-order valence-electron chi connectivity index (χ4n) is 2.09. The highest BCUT2D eigenvalue weighted by atomic mass is 19.4. The van der Waals surface area contributed by atoms with Crippen LogP contribution in [0.4, 0.5) is 13.2 Å². The van der Waals surface area contributed by atoms with Crippen molar-refractivity contribution in [3.05, 3.63) is 70.3 Å². The van der Waals surface area contributed by atoms with Crippen LogP contribution >= 0.6 is 0 Å². The van der Waals surface area contributed by atoms with E-state index in [2.05, 4.69) is 14.7 Å². The topological polar surface area (TPSA) is 60.9 Å². The van der Waals surface area contributed by atoms with Gasteiger partial charge in [0.15, 0.2) is 0 Å². The van der Waals surface area contributed by atoms with Crippen LogP contribution in [-0.2, 0) is 12.7 Å². The summed E-state index contributed by atoms with van der Waals surface area (Å²) in [4.78, 5) is 15.6. The average Bonchev–Trinajstić information content (AvgIpc) is 2.89. The second kappa shape index (κ2) is 5.71. The Morgan fingerprint density at radius 3 is 2.57 bits per heavy atom. The summed E-state index contributed by atoms with van der Waals surface area (Å²) in [5, 5.41) is 3.55. The van der Waals surface area contributed by atoms with Crippen molar-refractivity contribution in [3.8, 4) is 11.5 Å². The minimum Gasteiger partial charge on any atom is -0.295 e. The molecule has 2 aromatic heterocycles. The van der Waals surface area contributed by atoms with Crippen LogP contribution in [0.25, 0.3) is 11.5 Å². The Kier molecular flexibility index (Phi) is 3.73. The van der Waals surface area contributed by atoms with Gasteiger partial charge in [-0.2, -0.15) is 13.2 Å². The number of hydrogen-bond acceptors (Lipinski definition) is 4. The van der Waals surface area contributed by atoms with Crippen molar-refractivity contribution in [2.45, 2.75) is 12.7 Å². The van der Waals surface area contributed by atoms with Gasteiger partial charge in [0, 0.05) is 6.20 Å². The molecular formula is C15H10F3N3O2. The highest BCUT2D eigenvalue weighted by molar-refractivity contribution is 5.50. The minimum absolute atomic E-state index is 0.0510. The molecule has 0 unspecified atom stereocenters. The van der Waals surface area contributed by atoms with Gasteiger partial charge in [-0.3, -0.25) is 14.1 Å². The molecule has 0 radical (unpaired) electrons. The van der Waals surface area contributed by atoms with Gasteiger partial charge in [0.1, 0.15) is 5.69 Å². The van der Waals surface area contributed by atoms with Gasteiger partial charge >= 0.3 is 11.9 Å². The van der Waals surface area contributed by atoms with Crippen LogP contribution in [0.1, 0.15) is 11.1 Å². The molecule has 0 amide bonds. The van der Waals surface area contributed by atoms with Gasteiger partial charge in [0.25, 0.3) is 0 Å². The van der Waals surface area contributed by atoms with E-state index in [9.17, 15) is 18.0 Å². The van der Waals surface area contributed by atoms with Crippen molar-refractivity contribution >= 4 is 0 Å². The van der Waals surface area contributed by atoms with Crippen LogP contribution in [0.2, 0.25) is 0 Å². The second-order valence-electron chi connectivity index (χ2n) is 4.77. The summed E-state index contributed by atoms with van der Waals surface area (Å²) in [6, 6.07) is 10.6. The Morgan fingerprint density at radius 2 is 1.87 bits per heavy atom. The van der Waals surface area contributed by atoms with E-state index in [-0.39, 0.29) is 18.1 Å². The van der Waals surface area contributed by atoms with Gasteiger partial charge < -0.3 is 0 Å². The largest absolute Gasteiger partial charge is 0.442 e. The molecule has 23 heavy (non-hydrogen) atoms. The molecule has 3 rings (SSSR count). The molecule has 2 heterocycles.